The van der Waals surface area contributed by atoms with Crippen LogP contribution in [0.15, 0.2) is 36.7 Å². The molecule has 1 unspecified atom stereocenters. The van der Waals surface area contributed by atoms with E-state index in [1.807, 2.05) is 24.5 Å². The third kappa shape index (κ3) is 2.68. The van der Waals surface area contributed by atoms with Crippen LogP contribution in [0.3, 0.4) is 0 Å². The van der Waals surface area contributed by atoms with Crippen LogP contribution in [0.4, 0.5) is 0 Å². The molecule has 1 atom stereocenters. The summed E-state index contributed by atoms with van der Waals surface area (Å²) in [5.74, 6) is 2.78. The maximum Gasteiger partial charge on any atom is 0.131 e. The SMILES string of the molecule is CC1Oc2cc(OCCCC3CC3)ccc2-c2ccncc21. The lowest BCUT2D eigenvalue weighted by molar-refractivity contribution is 0.220. The zero-order valence-electron chi connectivity index (χ0n) is 12.9. The van der Waals surface area contributed by atoms with Crippen LogP contribution in [0, 0.1) is 5.92 Å². The van der Waals surface area contributed by atoms with Crippen molar-refractivity contribution in [1.29, 1.82) is 0 Å². The molecule has 22 heavy (non-hydrogen) atoms. The summed E-state index contributed by atoms with van der Waals surface area (Å²) < 4.78 is 11.9. The molecule has 0 spiro atoms. The number of fused-ring (bicyclic) bond motifs is 3. The zero-order valence-corrected chi connectivity index (χ0v) is 12.9. The van der Waals surface area contributed by atoms with Gasteiger partial charge in [-0.25, -0.2) is 0 Å². The Kier molecular flexibility index (Phi) is 3.49. The van der Waals surface area contributed by atoms with Gasteiger partial charge in [0.2, 0.25) is 0 Å². The Bertz CT molecular complexity index is 679. The van der Waals surface area contributed by atoms with Crippen molar-refractivity contribution in [2.24, 2.45) is 5.92 Å². The van der Waals surface area contributed by atoms with E-state index in [1.54, 1.807) is 0 Å². The van der Waals surface area contributed by atoms with Crippen LogP contribution in [0.1, 0.15) is 44.3 Å². The molecule has 4 rings (SSSR count). The minimum atomic E-state index is 0.0290. The average molecular weight is 295 g/mol. The van der Waals surface area contributed by atoms with Crippen molar-refractivity contribution in [1.82, 2.24) is 4.98 Å². The largest absolute Gasteiger partial charge is 0.493 e. The lowest BCUT2D eigenvalue weighted by atomic mass is 9.95. The maximum atomic E-state index is 6.03. The zero-order chi connectivity index (χ0) is 14.9. The van der Waals surface area contributed by atoms with E-state index >= 15 is 0 Å². The predicted octanol–water partition coefficient (Wildman–Crippen LogP) is 4.77. The van der Waals surface area contributed by atoms with Gasteiger partial charge in [-0.1, -0.05) is 12.8 Å². The van der Waals surface area contributed by atoms with Gasteiger partial charge in [0.25, 0.3) is 0 Å². The number of benzene rings is 1. The Morgan fingerprint density at radius 3 is 3.00 bits per heavy atom. The summed E-state index contributed by atoms with van der Waals surface area (Å²) in [6.45, 7) is 2.86. The molecule has 2 heterocycles. The van der Waals surface area contributed by atoms with E-state index in [4.69, 9.17) is 9.47 Å². The number of hydrogen-bond acceptors (Lipinski definition) is 3. The third-order valence-corrected chi connectivity index (χ3v) is 4.56. The van der Waals surface area contributed by atoms with Crippen molar-refractivity contribution in [3.63, 3.8) is 0 Å². The molecule has 2 aliphatic rings. The fourth-order valence-corrected chi connectivity index (χ4v) is 3.11. The molecule has 1 fully saturated rings. The van der Waals surface area contributed by atoms with Crippen molar-refractivity contribution < 1.29 is 9.47 Å². The van der Waals surface area contributed by atoms with Crippen LogP contribution in [0.5, 0.6) is 11.5 Å². The summed E-state index contributed by atoms with van der Waals surface area (Å²) in [5, 5.41) is 0. The summed E-state index contributed by atoms with van der Waals surface area (Å²) in [4.78, 5) is 4.20. The first-order chi connectivity index (χ1) is 10.8. The third-order valence-electron chi connectivity index (χ3n) is 4.56. The molecule has 3 heteroatoms. The molecule has 0 saturated heterocycles. The highest BCUT2D eigenvalue weighted by Crippen LogP contribution is 2.43. The molecule has 0 amide bonds. The van der Waals surface area contributed by atoms with Crippen molar-refractivity contribution in [2.45, 2.75) is 38.7 Å². The van der Waals surface area contributed by atoms with Crippen LogP contribution in [-0.4, -0.2) is 11.6 Å². The summed E-state index contributed by atoms with van der Waals surface area (Å²) in [6, 6.07) is 8.21. The molecule has 1 aliphatic carbocycles. The quantitative estimate of drug-likeness (QED) is 0.744. The summed E-state index contributed by atoms with van der Waals surface area (Å²) >= 11 is 0. The fourth-order valence-electron chi connectivity index (χ4n) is 3.11. The van der Waals surface area contributed by atoms with Gasteiger partial charge in [-0.3, -0.25) is 4.98 Å². The first-order valence-corrected chi connectivity index (χ1v) is 8.19. The van der Waals surface area contributed by atoms with Gasteiger partial charge in [-0.05, 0) is 49.4 Å². The second kappa shape index (κ2) is 5.64. The first-order valence-electron chi connectivity index (χ1n) is 8.19. The minimum Gasteiger partial charge on any atom is -0.493 e. The van der Waals surface area contributed by atoms with Crippen LogP contribution in [0.25, 0.3) is 11.1 Å². The molecule has 0 bridgehead atoms. The topological polar surface area (TPSA) is 31.4 Å². The number of pyridine rings is 1. The van der Waals surface area contributed by atoms with E-state index in [-0.39, 0.29) is 6.10 Å². The van der Waals surface area contributed by atoms with Gasteiger partial charge < -0.3 is 9.47 Å². The Morgan fingerprint density at radius 1 is 1.23 bits per heavy atom. The summed E-state index contributed by atoms with van der Waals surface area (Å²) in [6.07, 6.45) is 9.04. The average Bonchev–Trinajstić information content (AvgIpc) is 3.36. The molecule has 0 N–H and O–H groups in total. The highest BCUT2D eigenvalue weighted by molar-refractivity contribution is 5.76. The molecular weight excluding hydrogens is 274 g/mol. The Labute approximate surface area is 131 Å². The monoisotopic (exact) mass is 295 g/mol. The second-order valence-electron chi connectivity index (χ2n) is 6.32. The first kappa shape index (κ1) is 13.6. The molecule has 1 aromatic heterocycles. The van der Waals surface area contributed by atoms with E-state index in [1.165, 1.54) is 24.8 Å². The van der Waals surface area contributed by atoms with E-state index in [0.29, 0.717) is 0 Å². The van der Waals surface area contributed by atoms with E-state index in [2.05, 4.69) is 24.0 Å². The minimum absolute atomic E-state index is 0.0290. The molecule has 1 saturated carbocycles. The Hall–Kier alpha value is -2.03. The van der Waals surface area contributed by atoms with Gasteiger partial charge in [0, 0.05) is 29.6 Å². The Morgan fingerprint density at radius 2 is 2.14 bits per heavy atom. The molecule has 3 nitrogen and oxygen atoms in total. The molecule has 1 aromatic carbocycles. The number of aromatic nitrogens is 1. The van der Waals surface area contributed by atoms with Gasteiger partial charge in [0.05, 0.1) is 6.61 Å². The van der Waals surface area contributed by atoms with Crippen molar-refractivity contribution in [3.05, 3.63) is 42.2 Å². The van der Waals surface area contributed by atoms with Gasteiger partial charge in [-0.2, -0.15) is 0 Å². The second-order valence-corrected chi connectivity index (χ2v) is 6.32. The maximum absolute atomic E-state index is 6.03. The van der Waals surface area contributed by atoms with Crippen LogP contribution in [-0.2, 0) is 0 Å². The highest BCUT2D eigenvalue weighted by Gasteiger charge is 2.23. The van der Waals surface area contributed by atoms with Crippen LogP contribution < -0.4 is 9.47 Å². The highest BCUT2D eigenvalue weighted by atomic mass is 16.5. The lowest BCUT2D eigenvalue weighted by Gasteiger charge is -2.26. The molecular formula is C19H21NO2. The van der Waals surface area contributed by atoms with Crippen molar-refractivity contribution in [2.75, 3.05) is 6.61 Å². The van der Waals surface area contributed by atoms with Crippen LogP contribution in [0.2, 0.25) is 0 Å². The Balaban J connectivity index is 1.50. The van der Waals surface area contributed by atoms with Gasteiger partial charge >= 0.3 is 0 Å². The van der Waals surface area contributed by atoms with E-state index in [0.717, 1.165) is 41.6 Å². The van der Waals surface area contributed by atoms with E-state index < -0.39 is 0 Å². The van der Waals surface area contributed by atoms with E-state index in [9.17, 15) is 0 Å². The van der Waals surface area contributed by atoms with Crippen LogP contribution >= 0.6 is 0 Å². The molecule has 2 aromatic rings. The number of hydrogen-bond donors (Lipinski definition) is 0. The normalized spacial score (nSPS) is 19.0. The van der Waals surface area contributed by atoms with Crippen molar-refractivity contribution >= 4 is 0 Å². The van der Waals surface area contributed by atoms with Crippen molar-refractivity contribution in [3.8, 4) is 22.6 Å². The van der Waals surface area contributed by atoms with Gasteiger partial charge in [-0.15, -0.1) is 0 Å². The molecule has 114 valence electrons. The smallest absolute Gasteiger partial charge is 0.131 e. The number of nitrogens with zero attached hydrogens (tertiary/aromatic N) is 1. The predicted molar refractivity (Wildman–Crippen MR) is 86.2 cm³/mol. The standard InChI is InChI=1S/C19H21NO2/c1-13-18-12-20-9-8-16(18)17-7-6-15(11-19(17)22-13)21-10-2-3-14-4-5-14/h6-9,11-14H,2-5,10H2,1H3. The molecule has 0 radical (unpaired) electrons. The summed E-state index contributed by atoms with van der Waals surface area (Å²) in [5.41, 5.74) is 3.48. The fraction of sp³-hybridized carbons (Fsp3) is 0.421. The lowest BCUT2D eigenvalue weighted by Crippen LogP contribution is -2.11. The van der Waals surface area contributed by atoms with Gasteiger partial charge in [0.1, 0.15) is 17.6 Å². The number of rotatable bonds is 5. The molecule has 1 aliphatic heterocycles. The summed E-state index contributed by atoms with van der Waals surface area (Å²) in [7, 11) is 0. The number of ether oxygens (including phenoxy) is 2. The van der Waals surface area contributed by atoms with Gasteiger partial charge in [0.15, 0.2) is 0 Å².